The van der Waals surface area contributed by atoms with E-state index >= 15 is 0 Å². The average Bonchev–Trinajstić information content (AvgIpc) is 3.17. The molecule has 1 N–H and O–H groups in total. The van der Waals surface area contributed by atoms with Crippen molar-refractivity contribution in [3.05, 3.63) is 24.3 Å². The van der Waals surface area contributed by atoms with Crippen LogP contribution in [0.1, 0.15) is 39.0 Å². The molecule has 1 aromatic rings. The van der Waals surface area contributed by atoms with E-state index in [1.54, 1.807) is 0 Å². The van der Waals surface area contributed by atoms with Crippen molar-refractivity contribution in [3.63, 3.8) is 0 Å². The number of carbonyl (C=O) groups excluding carboxylic acids is 1. The summed E-state index contributed by atoms with van der Waals surface area (Å²) in [6.07, 6.45) is 4.41. The Labute approximate surface area is 156 Å². The number of hydrogen-bond donors (Lipinski definition) is 1. The molecule has 0 aromatic heterocycles. The van der Waals surface area contributed by atoms with Crippen LogP contribution in [0.2, 0.25) is 0 Å². The van der Waals surface area contributed by atoms with Gasteiger partial charge in [-0.3, -0.25) is 4.79 Å². The smallest absolute Gasteiger partial charge is 0.228 e. The molecule has 0 bridgehead atoms. The third kappa shape index (κ3) is 4.38. The average molecular weight is 380 g/mol. The highest BCUT2D eigenvalue weighted by Crippen LogP contribution is 2.30. The molecule has 1 aromatic carbocycles. The first kappa shape index (κ1) is 19.2. The zero-order valence-corrected chi connectivity index (χ0v) is 16.3. The minimum atomic E-state index is -3.25. The summed E-state index contributed by atoms with van der Waals surface area (Å²) in [4.78, 5) is 15.1. The third-order valence-corrected chi connectivity index (χ3v) is 7.26. The van der Waals surface area contributed by atoms with E-state index in [1.807, 2.05) is 31.2 Å². The largest absolute Gasteiger partial charge is 0.370 e. The molecule has 1 amide bonds. The van der Waals surface area contributed by atoms with Crippen LogP contribution in [0.4, 0.5) is 11.4 Å². The van der Waals surface area contributed by atoms with E-state index < -0.39 is 10.0 Å². The molecule has 26 heavy (non-hydrogen) atoms. The zero-order chi connectivity index (χ0) is 18.6. The number of anilines is 2. The van der Waals surface area contributed by atoms with Crippen LogP contribution in [0.5, 0.6) is 0 Å². The number of sulfonamides is 1. The fourth-order valence-electron chi connectivity index (χ4n) is 3.84. The Balaban J connectivity index is 1.68. The van der Waals surface area contributed by atoms with Crippen LogP contribution < -0.4 is 10.2 Å². The van der Waals surface area contributed by atoms with E-state index in [-0.39, 0.29) is 17.6 Å². The summed E-state index contributed by atoms with van der Waals surface area (Å²) in [5.74, 6) is -0.214. The number of piperidine rings is 1. The Morgan fingerprint density at radius 2 is 1.88 bits per heavy atom. The highest BCUT2D eigenvalue weighted by molar-refractivity contribution is 7.89. The molecular weight excluding hydrogens is 350 g/mol. The van der Waals surface area contributed by atoms with E-state index in [1.165, 1.54) is 17.1 Å². The van der Waals surface area contributed by atoms with Crippen molar-refractivity contribution < 1.29 is 13.2 Å². The molecule has 1 unspecified atom stereocenters. The zero-order valence-electron chi connectivity index (χ0n) is 15.5. The number of hydrogen-bond acceptors (Lipinski definition) is 4. The first-order chi connectivity index (χ1) is 12.5. The van der Waals surface area contributed by atoms with Gasteiger partial charge in [-0.05, 0) is 44.2 Å². The summed E-state index contributed by atoms with van der Waals surface area (Å²) in [7, 11) is -3.25. The Morgan fingerprint density at radius 1 is 1.15 bits per heavy atom. The van der Waals surface area contributed by atoms with Gasteiger partial charge in [-0.25, -0.2) is 12.7 Å². The van der Waals surface area contributed by atoms with Gasteiger partial charge in [0, 0.05) is 26.2 Å². The van der Waals surface area contributed by atoms with Crippen molar-refractivity contribution in [3.8, 4) is 0 Å². The molecule has 2 saturated heterocycles. The van der Waals surface area contributed by atoms with Gasteiger partial charge in [-0.1, -0.05) is 19.1 Å². The van der Waals surface area contributed by atoms with Gasteiger partial charge in [0.05, 0.1) is 23.0 Å². The Hall–Kier alpha value is -1.60. The second-order valence-electron chi connectivity index (χ2n) is 7.21. The third-order valence-electron chi connectivity index (χ3n) is 5.22. The van der Waals surface area contributed by atoms with Gasteiger partial charge >= 0.3 is 0 Å². The highest BCUT2D eigenvalue weighted by Gasteiger charge is 2.32. The van der Waals surface area contributed by atoms with E-state index in [2.05, 4.69) is 10.2 Å². The first-order valence-corrected chi connectivity index (χ1v) is 11.2. The number of amides is 1. The van der Waals surface area contributed by atoms with Gasteiger partial charge in [0.2, 0.25) is 15.9 Å². The van der Waals surface area contributed by atoms with Gasteiger partial charge in [0.25, 0.3) is 0 Å². The topological polar surface area (TPSA) is 69.7 Å². The predicted molar refractivity (Wildman–Crippen MR) is 105 cm³/mol. The van der Waals surface area contributed by atoms with Crippen molar-refractivity contribution >= 4 is 27.3 Å². The normalized spacial score (nSPS) is 21.7. The summed E-state index contributed by atoms with van der Waals surface area (Å²) in [6.45, 7) is 4.70. The van der Waals surface area contributed by atoms with E-state index in [9.17, 15) is 13.2 Å². The van der Waals surface area contributed by atoms with Gasteiger partial charge < -0.3 is 10.2 Å². The quantitative estimate of drug-likeness (QED) is 0.825. The number of nitrogens with zero attached hydrogens (tertiary/aromatic N) is 2. The molecule has 0 radical (unpaired) electrons. The number of nitrogens with one attached hydrogen (secondary N) is 1. The molecule has 1 atom stereocenters. The van der Waals surface area contributed by atoms with Gasteiger partial charge in [0.15, 0.2) is 0 Å². The maximum Gasteiger partial charge on any atom is 0.228 e. The lowest BCUT2D eigenvalue weighted by Gasteiger charge is -2.31. The van der Waals surface area contributed by atoms with Crippen LogP contribution in [0.25, 0.3) is 0 Å². The lowest BCUT2D eigenvalue weighted by molar-refractivity contribution is -0.120. The summed E-state index contributed by atoms with van der Waals surface area (Å²) in [5, 5.41) is 3.06. The first-order valence-electron chi connectivity index (χ1n) is 9.64. The molecular formula is C19H29N3O3S. The molecule has 0 saturated carbocycles. The highest BCUT2D eigenvalue weighted by atomic mass is 32.2. The van der Waals surface area contributed by atoms with Crippen LogP contribution in [0.3, 0.4) is 0 Å². The Bertz CT molecular complexity index is 729. The van der Waals surface area contributed by atoms with E-state index in [0.29, 0.717) is 19.5 Å². The van der Waals surface area contributed by atoms with E-state index in [0.717, 1.165) is 37.3 Å². The maximum absolute atomic E-state index is 12.8. The van der Waals surface area contributed by atoms with Crippen LogP contribution in [0, 0.1) is 5.92 Å². The SMILES string of the molecule is CCCS(=O)(=O)N1CCCC(C(=O)Nc2ccccc2N2CCCC2)C1. The lowest BCUT2D eigenvalue weighted by atomic mass is 9.98. The number of para-hydroxylation sites is 2. The molecule has 0 aliphatic carbocycles. The lowest BCUT2D eigenvalue weighted by Crippen LogP contribution is -2.44. The van der Waals surface area contributed by atoms with Crippen LogP contribution >= 0.6 is 0 Å². The predicted octanol–water partition coefficient (Wildman–Crippen LogP) is 2.68. The summed E-state index contributed by atoms with van der Waals surface area (Å²) in [5.41, 5.74) is 1.89. The number of benzene rings is 1. The van der Waals surface area contributed by atoms with Crippen molar-refractivity contribution in [2.45, 2.75) is 39.0 Å². The Morgan fingerprint density at radius 3 is 2.62 bits per heavy atom. The van der Waals surface area contributed by atoms with Crippen LogP contribution in [0.15, 0.2) is 24.3 Å². The van der Waals surface area contributed by atoms with Gasteiger partial charge in [0.1, 0.15) is 0 Å². The Kier molecular flexibility index (Phi) is 6.19. The fraction of sp³-hybridized carbons (Fsp3) is 0.632. The van der Waals surface area contributed by atoms with Crippen molar-refractivity contribution in [1.29, 1.82) is 0 Å². The molecule has 2 heterocycles. The van der Waals surface area contributed by atoms with Crippen molar-refractivity contribution in [1.82, 2.24) is 4.31 Å². The standard InChI is InChI=1S/C19H29N3O3S/c1-2-14-26(24,25)22-13-7-8-16(15-22)19(23)20-17-9-3-4-10-18(17)21-11-5-6-12-21/h3-4,9-10,16H,2,5-8,11-15H2,1H3,(H,20,23). The second kappa shape index (κ2) is 8.39. The summed E-state index contributed by atoms with van der Waals surface area (Å²) >= 11 is 0. The second-order valence-corrected chi connectivity index (χ2v) is 9.30. The summed E-state index contributed by atoms with van der Waals surface area (Å²) in [6, 6.07) is 7.89. The van der Waals surface area contributed by atoms with E-state index in [4.69, 9.17) is 0 Å². The maximum atomic E-state index is 12.8. The molecule has 2 aliphatic rings. The fourth-order valence-corrected chi connectivity index (χ4v) is 5.43. The molecule has 2 aliphatic heterocycles. The molecule has 2 fully saturated rings. The van der Waals surface area contributed by atoms with Crippen LogP contribution in [-0.2, 0) is 14.8 Å². The molecule has 6 nitrogen and oxygen atoms in total. The van der Waals surface area contributed by atoms with Gasteiger partial charge in [-0.15, -0.1) is 0 Å². The molecule has 3 rings (SSSR count). The monoisotopic (exact) mass is 379 g/mol. The molecule has 0 spiro atoms. The summed E-state index contributed by atoms with van der Waals surface area (Å²) < 4.78 is 26.2. The molecule has 7 heteroatoms. The van der Waals surface area contributed by atoms with Crippen molar-refractivity contribution in [2.24, 2.45) is 5.92 Å². The minimum Gasteiger partial charge on any atom is -0.370 e. The number of carbonyl (C=O) groups is 1. The van der Waals surface area contributed by atoms with Crippen LogP contribution in [-0.4, -0.2) is 50.6 Å². The minimum absolute atomic E-state index is 0.0759. The molecule has 144 valence electrons. The number of rotatable bonds is 6. The van der Waals surface area contributed by atoms with Gasteiger partial charge in [-0.2, -0.15) is 0 Å². The van der Waals surface area contributed by atoms with Crippen molar-refractivity contribution in [2.75, 3.05) is 42.1 Å².